The lowest BCUT2D eigenvalue weighted by molar-refractivity contribution is 0.118. The minimum absolute atomic E-state index is 0.488. The number of ether oxygens (including phenoxy) is 1. The molecule has 0 saturated carbocycles. The summed E-state index contributed by atoms with van der Waals surface area (Å²) in [6.07, 6.45) is 1.71. The predicted molar refractivity (Wildman–Crippen MR) is 106 cm³/mol. The summed E-state index contributed by atoms with van der Waals surface area (Å²) in [5.41, 5.74) is 9.87. The number of anilines is 1. The van der Waals surface area contributed by atoms with Gasteiger partial charge in [-0.1, -0.05) is 48.5 Å². The van der Waals surface area contributed by atoms with Crippen LogP contribution in [0.5, 0.6) is 0 Å². The lowest BCUT2D eigenvalue weighted by Gasteiger charge is -2.03. The van der Waals surface area contributed by atoms with Gasteiger partial charge in [0.1, 0.15) is 22.7 Å². The molecule has 0 bridgehead atoms. The number of aromatic nitrogens is 3. The minimum atomic E-state index is 0.488. The molecule has 0 aliphatic carbocycles. The highest BCUT2D eigenvalue weighted by Gasteiger charge is 2.11. The molecule has 0 fully saturated rings. The predicted octanol–water partition coefficient (Wildman–Crippen LogP) is 2.64. The zero-order chi connectivity index (χ0) is 17.9. The van der Waals surface area contributed by atoms with Crippen molar-refractivity contribution < 1.29 is 4.74 Å². The molecule has 0 saturated heterocycles. The smallest absolute Gasteiger partial charge is 0.175 e. The number of H-pyrrole nitrogens is 1. The average molecular weight is 358 g/mol. The molecule has 4 aromatic rings. The zero-order valence-corrected chi connectivity index (χ0v) is 15.6. The van der Waals surface area contributed by atoms with Crippen LogP contribution in [0.3, 0.4) is 0 Å². The first kappa shape index (κ1) is 17.0. The lowest BCUT2D eigenvalue weighted by atomic mass is 10.2. The number of fused-ring (bicyclic) bond motifs is 3. The average Bonchev–Trinajstić information content (AvgIpc) is 3.07. The second kappa shape index (κ2) is 7.47. The molecule has 6 heteroatoms. The van der Waals surface area contributed by atoms with Crippen molar-refractivity contribution in [1.29, 1.82) is 0 Å². The van der Waals surface area contributed by atoms with E-state index in [0.717, 1.165) is 45.0 Å². The molecule has 2 heterocycles. The lowest BCUT2D eigenvalue weighted by Crippen LogP contribution is -2.02. The molecular formula is C20H19AlN4O. The van der Waals surface area contributed by atoms with Crippen molar-refractivity contribution >= 4 is 48.5 Å². The van der Waals surface area contributed by atoms with Crippen LogP contribution in [-0.2, 0) is 17.8 Å². The first-order chi connectivity index (χ1) is 12.7. The van der Waals surface area contributed by atoms with E-state index in [1.165, 1.54) is 5.56 Å². The molecule has 0 aliphatic rings. The highest BCUT2D eigenvalue weighted by molar-refractivity contribution is 6.33. The molecule has 0 unspecified atom stereocenters. The molecule has 0 spiro atoms. The highest BCUT2D eigenvalue weighted by atomic mass is 27.0. The van der Waals surface area contributed by atoms with Crippen LogP contribution >= 0.6 is 0 Å². The van der Waals surface area contributed by atoms with E-state index in [0.29, 0.717) is 19.0 Å². The second-order valence-electron chi connectivity index (χ2n) is 6.32. The third-order valence-electron chi connectivity index (χ3n) is 4.34. The Morgan fingerprint density at radius 2 is 1.92 bits per heavy atom. The fraction of sp³-hybridized carbons (Fsp3) is 0.200. The highest BCUT2D eigenvalue weighted by Crippen LogP contribution is 2.25. The fourth-order valence-corrected chi connectivity index (χ4v) is 3.31. The Morgan fingerprint density at radius 3 is 2.77 bits per heavy atom. The van der Waals surface area contributed by atoms with Gasteiger partial charge in [-0.25, -0.2) is 9.97 Å². The van der Waals surface area contributed by atoms with Crippen LogP contribution in [0.25, 0.3) is 21.9 Å². The third-order valence-corrected chi connectivity index (χ3v) is 4.70. The molecule has 2 radical (unpaired) electrons. The fourth-order valence-electron chi connectivity index (χ4n) is 3.05. The molecule has 4 rings (SSSR count). The largest absolute Gasteiger partial charge is 0.382 e. The Bertz CT molecular complexity index is 1050. The first-order valence-electron chi connectivity index (χ1n) is 8.65. The number of aromatic amines is 1. The molecule has 2 aromatic carbocycles. The van der Waals surface area contributed by atoms with Gasteiger partial charge < -0.3 is 15.5 Å². The monoisotopic (exact) mass is 358 g/mol. The number of hydrogen-bond acceptors (Lipinski definition) is 4. The van der Waals surface area contributed by atoms with E-state index < -0.39 is 0 Å². The maximum Gasteiger partial charge on any atom is 0.175 e. The Kier molecular flexibility index (Phi) is 4.90. The van der Waals surface area contributed by atoms with Crippen LogP contribution < -0.4 is 10.2 Å². The van der Waals surface area contributed by atoms with Gasteiger partial charge in [-0.2, -0.15) is 0 Å². The molecule has 0 aliphatic heterocycles. The van der Waals surface area contributed by atoms with Gasteiger partial charge in [-0.15, -0.1) is 4.43 Å². The molecule has 5 nitrogen and oxygen atoms in total. The second-order valence-corrected chi connectivity index (χ2v) is 6.99. The summed E-state index contributed by atoms with van der Waals surface area (Å²) in [6, 6.07) is 16.3. The van der Waals surface area contributed by atoms with E-state index >= 15 is 0 Å². The van der Waals surface area contributed by atoms with E-state index in [1.54, 1.807) is 0 Å². The Morgan fingerprint density at radius 1 is 1.08 bits per heavy atom. The van der Waals surface area contributed by atoms with Gasteiger partial charge >= 0.3 is 0 Å². The Labute approximate surface area is 160 Å². The molecule has 0 amide bonds. The number of aryl methyl sites for hydroxylation is 1. The number of nitrogens with one attached hydrogen (secondary N) is 1. The maximum atomic E-state index is 6.11. The van der Waals surface area contributed by atoms with E-state index in [9.17, 15) is 0 Å². The number of benzene rings is 2. The van der Waals surface area contributed by atoms with Crippen molar-refractivity contribution in [3.63, 3.8) is 0 Å². The van der Waals surface area contributed by atoms with Gasteiger partial charge in [0.25, 0.3) is 0 Å². The third kappa shape index (κ3) is 3.58. The summed E-state index contributed by atoms with van der Waals surface area (Å²) in [7, 11) is 0. The number of rotatable bonds is 6. The maximum absolute atomic E-state index is 6.11. The summed E-state index contributed by atoms with van der Waals surface area (Å²) in [5.74, 6) is 1.40. The van der Waals surface area contributed by atoms with Gasteiger partial charge in [0.2, 0.25) is 0 Å². The van der Waals surface area contributed by atoms with Gasteiger partial charge in [0.05, 0.1) is 12.1 Å². The molecule has 128 valence electrons. The van der Waals surface area contributed by atoms with Crippen molar-refractivity contribution in [3.8, 4) is 0 Å². The van der Waals surface area contributed by atoms with Crippen molar-refractivity contribution in [3.05, 3.63) is 59.9 Å². The number of pyridine rings is 1. The summed E-state index contributed by atoms with van der Waals surface area (Å²) in [4.78, 5) is 12.6. The van der Waals surface area contributed by atoms with Gasteiger partial charge in [0.15, 0.2) is 16.3 Å². The summed E-state index contributed by atoms with van der Waals surface area (Å²) in [6.45, 7) is 1.33. The van der Waals surface area contributed by atoms with Crippen molar-refractivity contribution in [2.24, 2.45) is 0 Å². The molecule has 26 heavy (non-hydrogen) atoms. The number of nitrogens with two attached hydrogens (primary N) is 1. The normalized spacial score (nSPS) is 11.4. The quantitative estimate of drug-likeness (QED) is 0.410. The SMILES string of the molecule is Nc1nc2c[c]([Al])ccc2c2nc(CCCOCc3ccccc3)[nH]c12. The van der Waals surface area contributed by atoms with Crippen LogP contribution in [0.1, 0.15) is 17.8 Å². The zero-order valence-electron chi connectivity index (χ0n) is 14.4. The van der Waals surface area contributed by atoms with Crippen molar-refractivity contribution in [2.45, 2.75) is 19.4 Å². The van der Waals surface area contributed by atoms with E-state index in [-0.39, 0.29) is 0 Å². The number of nitrogen functional groups attached to an aromatic ring is 1. The number of imidazole rings is 1. The van der Waals surface area contributed by atoms with Gasteiger partial charge in [-0.3, -0.25) is 0 Å². The Balaban J connectivity index is 1.44. The van der Waals surface area contributed by atoms with Crippen LogP contribution in [0.2, 0.25) is 0 Å². The van der Waals surface area contributed by atoms with E-state index in [1.807, 2.05) is 36.4 Å². The van der Waals surface area contributed by atoms with Crippen LogP contribution in [0.4, 0.5) is 5.82 Å². The van der Waals surface area contributed by atoms with Crippen LogP contribution in [-0.4, -0.2) is 37.8 Å². The van der Waals surface area contributed by atoms with E-state index in [2.05, 4.69) is 38.4 Å². The number of nitrogens with zero attached hydrogens (tertiary/aromatic N) is 2. The van der Waals surface area contributed by atoms with E-state index in [4.69, 9.17) is 15.5 Å². The summed E-state index contributed by atoms with van der Waals surface area (Å²) >= 11 is 2.68. The molecule has 2 aromatic heterocycles. The first-order valence-corrected chi connectivity index (χ1v) is 9.23. The molecular weight excluding hydrogens is 339 g/mol. The van der Waals surface area contributed by atoms with Crippen LogP contribution in [0, 0.1) is 0 Å². The van der Waals surface area contributed by atoms with Crippen LogP contribution in [0.15, 0.2) is 48.5 Å². The standard InChI is InChI=1S/C20H19N4O.Al/c21-20-19-18(15-9-4-5-10-16(15)22-20)23-17(24-19)11-6-12-25-13-14-7-2-1-3-8-14;/h1-4,7-10H,6,11-13H2,(H2,21,22)(H,23,24);. The topological polar surface area (TPSA) is 76.8 Å². The van der Waals surface area contributed by atoms with Crippen molar-refractivity contribution in [1.82, 2.24) is 15.0 Å². The molecule has 0 atom stereocenters. The number of hydrogen-bond donors (Lipinski definition) is 2. The Hall–Kier alpha value is -2.39. The molecule has 3 N–H and O–H groups in total. The van der Waals surface area contributed by atoms with Gasteiger partial charge in [0, 0.05) is 18.4 Å². The summed E-state index contributed by atoms with van der Waals surface area (Å²) in [5, 5.41) is 1.02. The van der Waals surface area contributed by atoms with Gasteiger partial charge in [-0.05, 0) is 12.0 Å². The summed E-state index contributed by atoms with van der Waals surface area (Å²) < 4.78 is 6.82. The van der Waals surface area contributed by atoms with Crippen molar-refractivity contribution in [2.75, 3.05) is 12.3 Å². The minimum Gasteiger partial charge on any atom is -0.382 e.